The van der Waals surface area contributed by atoms with Crippen LogP contribution in [0.25, 0.3) is 10.6 Å². The quantitative estimate of drug-likeness (QED) is 0.348. The van der Waals surface area contributed by atoms with Crippen molar-refractivity contribution < 1.29 is 9.47 Å². The molecule has 0 spiro atoms. The van der Waals surface area contributed by atoms with Crippen LogP contribution in [0.2, 0.25) is 0 Å². The number of ether oxygens (including phenoxy) is 2. The molecule has 0 bridgehead atoms. The summed E-state index contributed by atoms with van der Waals surface area (Å²) in [6.45, 7) is 4.92. The van der Waals surface area contributed by atoms with Crippen LogP contribution in [-0.4, -0.2) is 28.7 Å². The maximum absolute atomic E-state index is 5.86. The Labute approximate surface area is 179 Å². The van der Waals surface area contributed by atoms with Gasteiger partial charge in [-0.2, -0.15) is 0 Å². The van der Waals surface area contributed by atoms with Crippen LogP contribution in [0.5, 0.6) is 11.5 Å². The summed E-state index contributed by atoms with van der Waals surface area (Å²) in [6, 6.07) is 7.68. The second kappa shape index (κ2) is 10.5. The summed E-state index contributed by atoms with van der Waals surface area (Å²) in [5.74, 6) is 2.68. The van der Waals surface area contributed by atoms with Crippen molar-refractivity contribution in [3.63, 3.8) is 0 Å². The monoisotopic (exact) mass is 430 g/mol. The van der Waals surface area contributed by atoms with Gasteiger partial charge in [0.2, 0.25) is 0 Å². The number of hydrogen-bond acceptors (Lipinski definition) is 8. The van der Waals surface area contributed by atoms with Crippen LogP contribution in [-0.2, 0) is 12.2 Å². The molecular weight excluding hydrogens is 404 g/mol. The van der Waals surface area contributed by atoms with Crippen LogP contribution in [0.4, 0.5) is 5.82 Å². The number of hydrogen-bond donors (Lipinski definition) is 1. The van der Waals surface area contributed by atoms with Gasteiger partial charge in [0, 0.05) is 22.4 Å². The summed E-state index contributed by atoms with van der Waals surface area (Å²) in [4.78, 5) is 14.8. The fourth-order valence-electron chi connectivity index (χ4n) is 2.73. The van der Waals surface area contributed by atoms with E-state index in [1.54, 1.807) is 42.5 Å². The number of thioether (sulfide) groups is 1. The van der Waals surface area contributed by atoms with Crippen LogP contribution in [0.1, 0.15) is 37.3 Å². The van der Waals surface area contributed by atoms with Crippen LogP contribution >= 0.6 is 23.1 Å². The highest BCUT2D eigenvalue weighted by Crippen LogP contribution is 2.36. The first-order chi connectivity index (χ1) is 14.1. The lowest BCUT2D eigenvalue weighted by Crippen LogP contribution is -1.98. The highest BCUT2D eigenvalue weighted by atomic mass is 32.2. The first-order valence-electron chi connectivity index (χ1n) is 9.65. The molecule has 2 aromatic heterocycles. The minimum Gasteiger partial charge on any atom is -0.493 e. The second-order valence-corrected chi connectivity index (χ2v) is 8.43. The van der Waals surface area contributed by atoms with Crippen molar-refractivity contribution >= 4 is 28.9 Å². The lowest BCUT2D eigenvalue weighted by molar-refractivity contribution is 0.294. The van der Waals surface area contributed by atoms with Gasteiger partial charge < -0.3 is 15.2 Å². The molecule has 3 rings (SSSR count). The summed E-state index contributed by atoms with van der Waals surface area (Å²) in [7, 11) is 1.66. The van der Waals surface area contributed by atoms with E-state index >= 15 is 0 Å². The Bertz CT molecular complexity index is 946. The summed E-state index contributed by atoms with van der Waals surface area (Å²) in [5, 5.41) is 1.66. The molecule has 0 aliphatic carbocycles. The molecular formula is C21H26N4O2S2. The van der Waals surface area contributed by atoms with Crippen LogP contribution in [0.15, 0.2) is 35.6 Å². The lowest BCUT2D eigenvalue weighted by atomic mass is 10.2. The average Bonchev–Trinajstić information content (AvgIpc) is 3.13. The van der Waals surface area contributed by atoms with Gasteiger partial charge in [-0.15, -0.1) is 11.3 Å². The van der Waals surface area contributed by atoms with Gasteiger partial charge in [0.15, 0.2) is 16.7 Å². The van der Waals surface area contributed by atoms with Crippen molar-refractivity contribution in [1.82, 2.24) is 15.0 Å². The average molecular weight is 431 g/mol. The first kappa shape index (κ1) is 21.4. The van der Waals surface area contributed by atoms with Crippen LogP contribution in [0.3, 0.4) is 0 Å². The molecule has 0 fully saturated rings. The van der Waals surface area contributed by atoms with Crippen molar-refractivity contribution in [3.05, 3.63) is 41.0 Å². The summed E-state index contributed by atoms with van der Waals surface area (Å²) < 4.78 is 11.3. The standard InChI is InChI=1S/C21H26N4O2S2/c1-4-6-18-15(13-28-21-23-10-9-19(22)25-21)24-20(29-18)14-7-8-16(26-3)17(12-14)27-11-5-2/h7-10,12H,4-6,11,13H2,1-3H3,(H2,22,23,25). The maximum Gasteiger partial charge on any atom is 0.189 e. The van der Waals surface area contributed by atoms with E-state index in [-0.39, 0.29) is 0 Å². The number of methoxy groups -OCH3 is 1. The molecule has 0 aliphatic rings. The molecule has 0 atom stereocenters. The van der Waals surface area contributed by atoms with Crippen molar-refractivity contribution in [1.29, 1.82) is 0 Å². The van der Waals surface area contributed by atoms with Crippen molar-refractivity contribution in [2.24, 2.45) is 0 Å². The maximum atomic E-state index is 5.86. The predicted molar refractivity (Wildman–Crippen MR) is 120 cm³/mol. The Morgan fingerprint density at radius 1 is 1.10 bits per heavy atom. The molecule has 0 saturated heterocycles. The molecule has 6 nitrogen and oxygen atoms in total. The Morgan fingerprint density at radius 3 is 2.69 bits per heavy atom. The van der Waals surface area contributed by atoms with Gasteiger partial charge in [-0.3, -0.25) is 0 Å². The molecule has 2 heterocycles. The summed E-state index contributed by atoms with van der Waals surface area (Å²) >= 11 is 3.29. The minimum absolute atomic E-state index is 0.480. The van der Waals surface area contributed by atoms with Crippen molar-refractivity contribution in [2.45, 2.75) is 44.0 Å². The van der Waals surface area contributed by atoms with E-state index in [2.05, 4.69) is 23.8 Å². The molecule has 0 aliphatic heterocycles. The summed E-state index contributed by atoms with van der Waals surface area (Å²) in [6.07, 6.45) is 4.69. The van der Waals surface area contributed by atoms with Gasteiger partial charge in [0.25, 0.3) is 0 Å². The molecule has 2 N–H and O–H groups in total. The molecule has 1 aromatic carbocycles. The van der Waals surface area contributed by atoms with E-state index < -0.39 is 0 Å². The lowest BCUT2D eigenvalue weighted by Gasteiger charge is -2.10. The second-order valence-electron chi connectivity index (χ2n) is 6.41. The first-order valence-corrected chi connectivity index (χ1v) is 11.5. The predicted octanol–water partition coefficient (Wildman–Crippen LogP) is 5.22. The Morgan fingerprint density at radius 2 is 1.97 bits per heavy atom. The number of thiazole rings is 1. The third-order valence-electron chi connectivity index (χ3n) is 4.12. The number of rotatable bonds is 10. The fourth-order valence-corrected chi connectivity index (χ4v) is 4.81. The number of nitrogen functional groups attached to an aromatic ring is 1. The number of aromatic nitrogens is 3. The molecule has 154 valence electrons. The fraction of sp³-hybridized carbons (Fsp3) is 0.381. The van der Waals surface area contributed by atoms with Crippen LogP contribution < -0.4 is 15.2 Å². The van der Waals surface area contributed by atoms with Crippen molar-refractivity contribution in [3.8, 4) is 22.1 Å². The zero-order valence-corrected chi connectivity index (χ0v) is 18.6. The largest absolute Gasteiger partial charge is 0.493 e. The smallest absolute Gasteiger partial charge is 0.189 e. The SMILES string of the molecule is CCCOc1cc(-c2nc(CSc3nccc(N)n3)c(CCC)s2)ccc1OC. The number of nitrogens with two attached hydrogens (primary N) is 1. The molecule has 29 heavy (non-hydrogen) atoms. The van der Waals surface area contributed by atoms with Gasteiger partial charge in [-0.1, -0.05) is 32.0 Å². The molecule has 8 heteroatoms. The minimum atomic E-state index is 0.480. The Balaban J connectivity index is 1.85. The third kappa shape index (κ3) is 5.61. The normalized spacial score (nSPS) is 10.9. The third-order valence-corrected chi connectivity index (χ3v) is 6.20. The van der Waals surface area contributed by atoms with E-state index in [4.69, 9.17) is 20.2 Å². The Kier molecular flexibility index (Phi) is 7.71. The Hall–Kier alpha value is -2.32. The van der Waals surface area contributed by atoms with E-state index in [1.165, 1.54) is 4.88 Å². The van der Waals surface area contributed by atoms with E-state index in [9.17, 15) is 0 Å². The van der Waals surface area contributed by atoms with Gasteiger partial charge in [0.1, 0.15) is 10.8 Å². The zero-order valence-electron chi connectivity index (χ0n) is 17.0. The van der Waals surface area contributed by atoms with E-state index in [1.807, 2.05) is 18.2 Å². The van der Waals surface area contributed by atoms with Crippen molar-refractivity contribution in [2.75, 3.05) is 19.5 Å². The van der Waals surface area contributed by atoms with E-state index in [0.29, 0.717) is 23.3 Å². The highest BCUT2D eigenvalue weighted by Gasteiger charge is 2.15. The molecule has 0 amide bonds. The highest BCUT2D eigenvalue weighted by molar-refractivity contribution is 7.98. The topological polar surface area (TPSA) is 83.2 Å². The van der Waals surface area contributed by atoms with Gasteiger partial charge in [0.05, 0.1) is 19.4 Å². The molecule has 0 unspecified atom stereocenters. The van der Waals surface area contributed by atoms with Crippen LogP contribution in [0, 0.1) is 0 Å². The van der Waals surface area contributed by atoms with Gasteiger partial charge >= 0.3 is 0 Å². The molecule has 3 aromatic rings. The van der Waals surface area contributed by atoms with E-state index in [0.717, 1.165) is 47.0 Å². The van der Waals surface area contributed by atoms with Gasteiger partial charge in [-0.05, 0) is 37.1 Å². The van der Waals surface area contributed by atoms with Gasteiger partial charge in [-0.25, -0.2) is 15.0 Å². The number of aryl methyl sites for hydroxylation is 1. The molecule has 0 saturated carbocycles. The summed E-state index contributed by atoms with van der Waals surface area (Å²) in [5.41, 5.74) is 7.87. The number of anilines is 1. The number of benzene rings is 1. The molecule has 0 radical (unpaired) electrons. The number of nitrogens with zero attached hydrogens (tertiary/aromatic N) is 3. The zero-order chi connectivity index (χ0) is 20.6.